The lowest BCUT2D eigenvalue weighted by Crippen LogP contribution is -2.39. The lowest BCUT2D eigenvalue weighted by atomic mass is 10.1. The maximum atomic E-state index is 5.44. The molecule has 0 amide bonds. The zero-order valence-corrected chi connectivity index (χ0v) is 12.7. The van der Waals surface area contributed by atoms with Crippen molar-refractivity contribution in [1.82, 2.24) is 10.2 Å². The maximum Gasteiger partial charge on any atom is 0.0478 e. The molecule has 0 spiro atoms. The highest BCUT2D eigenvalue weighted by molar-refractivity contribution is 5.16. The van der Waals surface area contributed by atoms with Gasteiger partial charge in [0.25, 0.3) is 0 Å². The number of benzene rings is 1. The standard InChI is InChI=1S/C17H28N2O/c1-2-20-13-7-12-19-11-6-10-18-17(15-19)14-16-8-4-3-5-9-16/h3-5,8-9,17-18H,2,6-7,10-15H2,1H3. The summed E-state index contributed by atoms with van der Waals surface area (Å²) in [6.07, 6.45) is 3.52. The van der Waals surface area contributed by atoms with Crippen LogP contribution in [0.3, 0.4) is 0 Å². The molecule has 1 N–H and O–H groups in total. The van der Waals surface area contributed by atoms with E-state index < -0.39 is 0 Å². The second kappa shape index (κ2) is 9.11. The van der Waals surface area contributed by atoms with Crippen molar-refractivity contribution in [2.45, 2.75) is 32.2 Å². The highest BCUT2D eigenvalue weighted by atomic mass is 16.5. The van der Waals surface area contributed by atoms with Gasteiger partial charge in [0.1, 0.15) is 0 Å². The Morgan fingerprint density at radius 1 is 1.30 bits per heavy atom. The minimum atomic E-state index is 0.576. The molecule has 1 heterocycles. The summed E-state index contributed by atoms with van der Waals surface area (Å²) in [6.45, 7) is 8.45. The first-order chi connectivity index (χ1) is 9.88. The molecule has 0 saturated carbocycles. The predicted molar refractivity (Wildman–Crippen MR) is 84.1 cm³/mol. The number of ether oxygens (including phenoxy) is 1. The van der Waals surface area contributed by atoms with Crippen LogP contribution in [0.1, 0.15) is 25.3 Å². The summed E-state index contributed by atoms with van der Waals surface area (Å²) in [4.78, 5) is 2.59. The molecule has 3 nitrogen and oxygen atoms in total. The van der Waals surface area contributed by atoms with E-state index >= 15 is 0 Å². The number of nitrogens with zero attached hydrogens (tertiary/aromatic N) is 1. The molecule has 1 aromatic carbocycles. The highest BCUT2D eigenvalue weighted by Crippen LogP contribution is 2.08. The van der Waals surface area contributed by atoms with E-state index in [1.807, 2.05) is 0 Å². The van der Waals surface area contributed by atoms with Gasteiger partial charge in [-0.2, -0.15) is 0 Å². The van der Waals surface area contributed by atoms with E-state index in [0.717, 1.165) is 45.7 Å². The third-order valence-electron chi connectivity index (χ3n) is 3.85. The van der Waals surface area contributed by atoms with Crippen LogP contribution in [0.25, 0.3) is 0 Å². The van der Waals surface area contributed by atoms with Crippen molar-refractivity contribution in [2.75, 3.05) is 39.4 Å². The molecule has 1 fully saturated rings. The van der Waals surface area contributed by atoms with Crippen LogP contribution in [-0.4, -0.2) is 50.3 Å². The Morgan fingerprint density at radius 3 is 2.95 bits per heavy atom. The Kier molecular flexibility index (Phi) is 7.06. The van der Waals surface area contributed by atoms with Gasteiger partial charge in [-0.05, 0) is 44.8 Å². The Bertz CT molecular complexity index is 355. The Balaban J connectivity index is 1.77. The molecule has 112 valence electrons. The van der Waals surface area contributed by atoms with Gasteiger partial charge in [0.05, 0.1) is 0 Å². The Morgan fingerprint density at radius 2 is 2.15 bits per heavy atom. The summed E-state index contributed by atoms with van der Waals surface area (Å²) in [5.41, 5.74) is 1.43. The van der Waals surface area contributed by atoms with Gasteiger partial charge >= 0.3 is 0 Å². The van der Waals surface area contributed by atoms with Crippen LogP contribution in [0, 0.1) is 0 Å². The van der Waals surface area contributed by atoms with Crippen molar-refractivity contribution >= 4 is 0 Å². The van der Waals surface area contributed by atoms with E-state index in [-0.39, 0.29) is 0 Å². The topological polar surface area (TPSA) is 24.5 Å². The van der Waals surface area contributed by atoms with Crippen molar-refractivity contribution in [3.05, 3.63) is 35.9 Å². The van der Waals surface area contributed by atoms with Crippen molar-refractivity contribution in [1.29, 1.82) is 0 Å². The van der Waals surface area contributed by atoms with E-state index in [1.54, 1.807) is 0 Å². The van der Waals surface area contributed by atoms with Crippen molar-refractivity contribution in [2.24, 2.45) is 0 Å². The summed E-state index contributed by atoms with van der Waals surface area (Å²) in [6, 6.07) is 11.4. The van der Waals surface area contributed by atoms with Gasteiger partial charge in [-0.15, -0.1) is 0 Å². The Hall–Kier alpha value is -0.900. The van der Waals surface area contributed by atoms with Gasteiger partial charge in [0.2, 0.25) is 0 Å². The van der Waals surface area contributed by atoms with E-state index in [0.29, 0.717) is 6.04 Å². The molecule has 1 aliphatic heterocycles. The van der Waals surface area contributed by atoms with E-state index in [4.69, 9.17) is 4.74 Å². The average molecular weight is 276 g/mol. The molecule has 0 aromatic heterocycles. The molecule has 1 aliphatic rings. The zero-order chi connectivity index (χ0) is 14.0. The first-order valence-corrected chi connectivity index (χ1v) is 7.96. The van der Waals surface area contributed by atoms with Crippen molar-refractivity contribution in [3.8, 4) is 0 Å². The van der Waals surface area contributed by atoms with Gasteiger partial charge in [-0.1, -0.05) is 30.3 Å². The van der Waals surface area contributed by atoms with Gasteiger partial charge in [-0.3, -0.25) is 0 Å². The van der Waals surface area contributed by atoms with Crippen LogP contribution in [0.4, 0.5) is 0 Å². The SMILES string of the molecule is CCOCCCN1CCCNC(Cc2ccccc2)C1. The lowest BCUT2D eigenvalue weighted by molar-refractivity contribution is 0.131. The van der Waals surface area contributed by atoms with Crippen LogP contribution in [0.5, 0.6) is 0 Å². The van der Waals surface area contributed by atoms with Crippen molar-refractivity contribution in [3.63, 3.8) is 0 Å². The molecule has 1 saturated heterocycles. The first kappa shape index (κ1) is 15.5. The number of rotatable bonds is 7. The van der Waals surface area contributed by atoms with Crippen LogP contribution in [0.2, 0.25) is 0 Å². The smallest absolute Gasteiger partial charge is 0.0478 e. The van der Waals surface area contributed by atoms with Gasteiger partial charge in [0.15, 0.2) is 0 Å². The fraction of sp³-hybridized carbons (Fsp3) is 0.647. The lowest BCUT2D eigenvalue weighted by Gasteiger charge is -2.24. The van der Waals surface area contributed by atoms with Gasteiger partial charge in [0, 0.05) is 32.3 Å². The molecule has 0 aliphatic carbocycles. The molecule has 20 heavy (non-hydrogen) atoms. The number of hydrogen-bond acceptors (Lipinski definition) is 3. The van der Waals surface area contributed by atoms with Gasteiger partial charge in [-0.25, -0.2) is 0 Å². The normalized spacial score (nSPS) is 20.8. The average Bonchev–Trinajstić information content (AvgIpc) is 2.70. The summed E-state index contributed by atoms with van der Waals surface area (Å²) in [5.74, 6) is 0. The molecule has 1 atom stereocenters. The monoisotopic (exact) mass is 276 g/mol. The Labute approximate surface area is 123 Å². The summed E-state index contributed by atoms with van der Waals surface area (Å²) in [5, 5.41) is 3.69. The summed E-state index contributed by atoms with van der Waals surface area (Å²) in [7, 11) is 0. The largest absolute Gasteiger partial charge is 0.382 e. The van der Waals surface area contributed by atoms with E-state index in [9.17, 15) is 0 Å². The third kappa shape index (κ3) is 5.61. The number of nitrogens with one attached hydrogen (secondary N) is 1. The highest BCUT2D eigenvalue weighted by Gasteiger charge is 2.17. The first-order valence-electron chi connectivity index (χ1n) is 7.96. The second-order valence-electron chi connectivity index (χ2n) is 5.55. The second-order valence-corrected chi connectivity index (χ2v) is 5.55. The molecule has 1 unspecified atom stereocenters. The molecule has 3 heteroatoms. The fourth-order valence-corrected chi connectivity index (χ4v) is 2.85. The van der Waals surface area contributed by atoms with Gasteiger partial charge < -0.3 is 15.0 Å². The minimum absolute atomic E-state index is 0.576. The minimum Gasteiger partial charge on any atom is -0.382 e. The number of hydrogen-bond donors (Lipinski definition) is 1. The summed E-state index contributed by atoms with van der Waals surface area (Å²) >= 11 is 0. The van der Waals surface area contributed by atoms with Crippen LogP contribution in [0.15, 0.2) is 30.3 Å². The van der Waals surface area contributed by atoms with E-state index in [2.05, 4.69) is 47.5 Å². The third-order valence-corrected chi connectivity index (χ3v) is 3.85. The molecule has 0 radical (unpaired) electrons. The predicted octanol–water partition coefficient (Wildman–Crippen LogP) is 2.32. The maximum absolute atomic E-state index is 5.44. The van der Waals surface area contributed by atoms with Crippen LogP contribution < -0.4 is 5.32 Å². The molecule has 1 aromatic rings. The quantitative estimate of drug-likeness (QED) is 0.774. The van der Waals surface area contributed by atoms with Crippen LogP contribution >= 0.6 is 0 Å². The van der Waals surface area contributed by atoms with Crippen LogP contribution in [-0.2, 0) is 11.2 Å². The van der Waals surface area contributed by atoms with Crippen molar-refractivity contribution < 1.29 is 4.74 Å². The molecular formula is C17H28N2O. The molecule has 2 rings (SSSR count). The summed E-state index contributed by atoms with van der Waals surface area (Å²) < 4.78 is 5.44. The zero-order valence-electron chi connectivity index (χ0n) is 12.7. The fourth-order valence-electron chi connectivity index (χ4n) is 2.85. The molecule has 0 bridgehead atoms. The van der Waals surface area contributed by atoms with E-state index in [1.165, 1.54) is 18.5 Å². The molecular weight excluding hydrogens is 248 g/mol.